The van der Waals surface area contributed by atoms with Gasteiger partial charge >= 0.3 is 6.03 Å². The molecule has 0 radical (unpaired) electrons. The molecule has 2 aliphatic heterocycles. The lowest BCUT2D eigenvalue weighted by Crippen LogP contribution is -2.56. The zero-order valence-electron chi connectivity index (χ0n) is 14.2. The van der Waals surface area contributed by atoms with E-state index < -0.39 is 20.6 Å². The first-order valence-corrected chi connectivity index (χ1v) is 9.83. The number of nitrogens with one attached hydrogen (secondary N) is 1. The van der Waals surface area contributed by atoms with Crippen molar-refractivity contribution in [2.24, 2.45) is 0 Å². The van der Waals surface area contributed by atoms with Crippen LogP contribution in [0.25, 0.3) is 0 Å². The van der Waals surface area contributed by atoms with E-state index in [1.807, 2.05) is 0 Å². The largest absolute Gasteiger partial charge is 0.322 e. The van der Waals surface area contributed by atoms with Crippen molar-refractivity contribution in [2.75, 3.05) is 52.4 Å². The Kier molecular flexibility index (Phi) is 5.39. The van der Waals surface area contributed by atoms with Crippen LogP contribution in [-0.4, -0.2) is 85.8 Å². The van der Waals surface area contributed by atoms with Crippen molar-refractivity contribution >= 4 is 21.7 Å². The van der Waals surface area contributed by atoms with Crippen LogP contribution in [0, 0.1) is 10.1 Å². The van der Waals surface area contributed by atoms with E-state index in [1.165, 1.54) is 28.6 Å². The molecule has 0 spiro atoms. The Morgan fingerprint density at radius 2 is 1.58 bits per heavy atom. The van der Waals surface area contributed by atoms with E-state index in [0.29, 0.717) is 13.1 Å². The third-order valence-corrected chi connectivity index (χ3v) is 6.52. The molecule has 0 bridgehead atoms. The summed E-state index contributed by atoms with van der Waals surface area (Å²) in [6.07, 6.45) is 0. The number of nitrogens with zero attached hydrogens (tertiary/aromatic N) is 4. The fraction of sp³-hybridized carbons (Fsp3) is 0.533. The maximum absolute atomic E-state index is 12.8. The molecule has 10 nitrogen and oxygen atoms in total. The number of nitro benzene ring substituents is 1. The molecule has 2 amide bonds. The summed E-state index contributed by atoms with van der Waals surface area (Å²) >= 11 is 0. The minimum Gasteiger partial charge on any atom is -0.322 e. The van der Waals surface area contributed by atoms with Crippen LogP contribution in [0.3, 0.4) is 0 Å². The topological polar surface area (TPSA) is 116 Å². The molecule has 3 rings (SSSR count). The number of nitro groups is 1. The molecular weight excluding hydrogens is 362 g/mol. The summed E-state index contributed by atoms with van der Waals surface area (Å²) < 4.78 is 26.8. The Bertz CT molecular complexity index is 785. The Balaban J connectivity index is 1.69. The van der Waals surface area contributed by atoms with Crippen molar-refractivity contribution in [3.8, 4) is 0 Å². The number of urea groups is 1. The summed E-state index contributed by atoms with van der Waals surface area (Å²) in [6.45, 7) is 3.53. The van der Waals surface area contributed by atoms with E-state index in [-0.39, 0.29) is 37.1 Å². The lowest BCUT2D eigenvalue weighted by Gasteiger charge is -2.38. The number of carbonyl (C=O) groups is 1. The molecule has 1 aromatic carbocycles. The molecule has 2 saturated heterocycles. The standard InChI is InChI=1S/C15H21N5O5S/c21-15(17-7-5-16-6-8-17)18-9-11-19(12-10-18)26(24,25)14-4-2-1-3-13(14)20(22)23/h1-4,16H,5-12H2. The molecule has 2 fully saturated rings. The molecule has 1 N–H and O–H groups in total. The van der Waals surface area contributed by atoms with E-state index >= 15 is 0 Å². The predicted octanol–water partition coefficient (Wildman–Crippen LogP) is -0.0737. The van der Waals surface area contributed by atoms with Gasteiger partial charge in [-0.25, -0.2) is 13.2 Å². The van der Waals surface area contributed by atoms with Crippen LogP contribution in [-0.2, 0) is 10.0 Å². The molecule has 1 aromatic rings. The molecule has 0 atom stereocenters. The van der Waals surface area contributed by atoms with Crippen molar-refractivity contribution < 1.29 is 18.1 Å². The van der Waals surface area contributed by atoms with Crippen molar-refractivity contribution in [1.29, 1.82) is 0 Å². The highest BCUT2D eigenvalue weighted by Gasteiger charge is 2.35. The maximum Gasteiger partial charge on any atom is 0.320 e. The van der Waals surface area contributed by atoms with E-state index in [4.69, 9.17) is 0 Å². The van der Waals surface area contributed by atoms with Crippen LogP contribution in [0.2, 0.25) is 0 Å². The number of sulfonamides is 1. The summed E-state index contributed by atoms with van der Waals surface area (Å²) in [5.41, 5.74) is -0.438. The van der Waals surface area contributed by atoms with E-state index in [9.17, 15) is 23.3 Å². The van der Waals surface area contributed by atoms with Crippen molar-refractivity contribution in [3.63, 3.8) is 0 Å². The third-order valence-electron chi connectivity index (χ3n) is 4.58. The lowest BCUT2D eigenvalue weighted by atomic mass is 10.3. The van der Waals surface area contributed by atoms with Crippen molar-refractivity contribution in [3.05, 3.63) is 34.4 Å². The minimum atomic E-state index is -3.98. The van der Waals surface area contributed by atoms with Crippen LogP contribution < -0.4 is 5.32 Å². The van der Waals surface area contributed by atoms with Gasteiger partial charge in [-0.3, -0.25) is 10.1 Å². The lowest BCUT2D eigenvalue weighted by molar-refractivity contribution is -0.387. The summed E-state index contributed by atoms with van der Waals surface area (Å²) in [5, 5.41) is 14.3. The Labute approximate surface area is 151 Å². The van der Waals surface area contributed by atoms with Gasteiger partial charge in [-0.05, 0) is 6.07 Å². The van der Waals surface area contributed by atoms with Gasteiger partial charge in [0.1, 0.15) is 0 Å². The predicted molar refractivity (Wildman–Crippen MR) is 93.3 cm³/mol. The molecule has 0 aliphatic carbocycles. The highest BCUT2D eigenvalue weighted by atomic mass is 32.2. The molecule has 11 heteroatoms. The van der Waals surface area contributed by atoms with Gasteiger partial charge in [-0.2, -0.15) is 4.31 Å². The quantitative estimate of drug-likeness (QED) is 0.577. The van der Waals surface area contributed by atoms with Crippen molar-refractivity contribution in [1.82, 2.24) is 19.4 Å². The number of piperazine rings is 2. The van der Waals surface area contributed by atoms with E-state index in [2.05, 4.69) is 5.32 Å². The number of carbonyl (C=O) groups excluding carboxylic acids is 1. The smallest absolute Gasteiger partial charge is 0.320 e. The number of amides is 2. The Morgan fingerprint density at radius 1 is 1.00 bits per heavy atom. The van der Waals surface area contributed by atoms with Gasteiger partial charge < -0.3 is 15.1 Å². The first-order valence-electron chi connectivity index (χ1n) is 8.39. The maximum atomic E-state index is 12.8. The average Bonchev–Trinajstić information content (AvgIpc) is 2.68. The van der Waals surface area contributed by atoms with Crippen LogP contribution in [0.5, 0.6) is 0 Å². The van der Waals surface area contributed by atoms with Crippen molar-refractivity contribution in [2.45, 2.75) is 4.90 Å². The number of para-hydroxylation sites is 1. The van der Waals surface area contributed by atoms with Gasteiger partial charge in [0.05, 0.1) is 4.92 Å². The highest BCUT2D eigenvalue weighted by molar-refractivity contribution is 7.89. The van der Waals surface area contributed by atoms with Crippen LogP contribution >= 0.6 is 0 Å². The van der Waals surface area contributed by atoms with E-state index in [1.54, 1.807) is 9.80 Å². The van der Waals surface area contributed by atoms with Crippen LogP contribution in [0.1, 0.15) is 0 Å². The summed E-state index contributed by atoms with van der Waals surface area (Å²) in [7, 11) is -3.98. The third kappa shape index (κ3) is 3.64. The zero-order chi connectivity index (χ0) is 18.7. The first kappa shape index (κ1) is 18.5. The summed E-state index contributed by atoms with van der Waals surface area (Å²) in [5.74, 6) is 0. The Morgan fingerprint density at radius 3 is 2.19 bits per heavy atom. The normalized spacial score (nSPS) is 19.4. The second kappa shape index (κ2) is 7.56. The van der Waals surface area contributed by atoms with Gasteiger partial charge in [0.2, 0.25) is 10.0 Å². The SMILES string of the molecule is O=C(N1CCNCC1)N1CCN(S(=O)(=O)c2ccccc2[N+](=O)[O-])CC1. The Hall–Kier alpha value is -2.24. The number of hydrogen-bond acceptors (Lipinski definition) is 6. The first-order chi connectivity index (χ1) is 12.4. The minimum absolute atomic E-state index is 0.0887. The second-order valence-corrected chi connectivity index (χ2v) is 8.04. The fourth-order valence-electron chi connectivity index (χ4n) is 3.14. The van der Waals surface area contributed by atoms with Gasteiger partial charge in [0, 0.05) is 58.4 Å². The van der Waals surface area contributed by atoms with Gasteiger partial charge in [0.25, 0.3) is 5.69 Å². The molecule has 0 unspecified atom stereocenters. The highest BCUT2D eigenvalue weighted by Crippen LogP contribution is 2.27. The van der Waals surface area contributed by atoms with Gasteiger partial charge in [0.15, 0.2) is 4.90 Å². The van der Waals surface area contributed by atoms with Gasteiger partial charge in [-0.15, -0.1) is 0 Å². The van der Waals surface area contributed by atoms with Crippen LogP contribution in [0.15, 0.2) is 29.2 Å². The average molecular weight is 383 g/mol. The fourth-order valence-corrected chi connectivity index (χ4v) is 4.72. The molecule has 2 heterocycles. The van der Waals surface area contributed by atoms with Gasteiger partial charge in [-0.1, -0.05) is 12.1 Å². The zero-order valence-corrected chi connectivity index (χ0v) is 15.0. The monoisotopic (exact) mass is 383 g/mol. The molecule has 26 heavy (non-hydrogen) atoms. The van der Waals surface area contributed by atoms with Crippen LogP contribution in [0.4, 0.5) is 10.5 Å². The molecule has 142 valence electrons. The summed E-state index contributed by atoms with van der Waals surface area (Å²) in [6, 6.07) is 5.22. The molecular formula is C15H21N5O5S. The number of hydrogen-bond donors (Lipinski definition) is 1. The number of rotatable bonds is 3. The molecule has 2 aliphatic rings. The number of benzene rings is 1. The molecule has 0 aromatic heterocycles. The molecule has 0 saturated carbocycles. The summed E-state index contributed by atoms with van der Waals surface area (Å²) in [4.78, 5) is 26.0. The van der Waals surface area contributed by atoms with E-state index in [0.717, 1.165) is 13.1 Å². The second-order valence-electron chi connectivity index (χ2n) is 6.14.